The van der Waals surface area contributed by atoms with Gasteiger partial charge in [-0.2, -0.15) is 0 Å². The number of nitrogens with two attached hydrogens (primary N) is 1. The molecule has 0 radical (unpaired) electrons. The molecular formula is C17H28N2O3. The van der Waals surface area contributed by atoms with Crippen LogP contribution in [0.15, 0.2) is 24.3 Å². The summed E-state index contributed by atoms with van der Waals surface area (Å²) in [5.74, 6) is 1.58. The summed E-state index contributed by atoms with van der Waals surface area (Å²) in [5.41, 5.74) is 5.38. The van der Waals surface area contributed by atoms with Crippen LogP contribution in [0.2, 0.25) is 0 Å². The molecule has 1 atom stereocenters. The summed E-state index contributed by atoms with van der Waals surface area (Å²) in [4.78, 5) is 0. The van der Waals surface area contributed by atoms with Gasteiger partial charge in [-0.3, -0.25) is 0 Å². The van der Waals surface area contributed by atoms with Gasteiger partial charge in [0.1, 0.15) is 24.2 Å². The molecule has 22 heavy (non-hydrogen) atoms. The number of hydrogen-bond donors (Lipinski definition) is 3. The molecule has 2 rings (SSSR count). The highest BCUT2D eigenvalue weighted by Gasteiger charge is 2.15. The first-order valence-electron chi connectivity index (χ1n) is 8.26. The number of aliphatic hydroxyl groups excluding tert-OH is 1. The Kier molecular flexibility index (Phi) is 7.49. The lowest BCUT2D eigenvalue weighted by Gasteiger charge is -2.23. The second-order valence-corrected chi connectivity index (χ2v) is 5.81. The Bertz CT molecular complexity index is 422. The van der Waals surface area contributed by atoms with Gasteiger partial charge in [0, 0.05) is 25.7 Å². The molecule has 1 aromatic carbocycles. The van der Waals surface area contributed by atoms with E-state index in [4.69, 9.17) is 15.2 Å². The lowest BCUT2D eigenvalue weighted by molar-refractivity contribution is 0.106. The van der Waals surface area contributed by atoms with Gasteiger partial charge in [-0.15, -0.1) is 0 Å². The second-order valence-electron chi connectivity index (χ2n) is 5.81. The molecule has 1 aliphatic rings. The van der Waals surface area contributed by atoms with E-state index in [2.05, 4.69) is 5.32 Å². The summed E-state index contributed by atoms with van der Waals surface area (Å²) < 4.78 is 11.6. The topological polar surface area (TPSA) is 76.7 Å². The Morgan fingerprint density at radius 1 is 1.23 bits per heavy atom. The lowest BCUT2D eigenvalue weighted by Crippen LogP contribution is -2.34. The third-order valence-electron chi connectivity index (χ3n) is 3.80. The minimum atomic E-state index is -0.547. The third kappa shape index (κ3) is 6.22. The molecule has 1 fully saturated rings. The van der Waals surface area contributed by atoms with Crippen molar-refractivity contribution in [3.8, 4) is 11.5 Å². The SMILES string of the molecule is NCCNCC(O)COc1cccc(OC2CCCCC2)c1. The molecule has 124 valence electrons. The van der Waals surface area contributed by atoms with E-state index in [0.717, 1.165) is 24.3 Å². The van der Waals surface area contributed by atoms with Crippen molar-refractivity contribution in [2.75, 3.05) is 26.2 Å². The van der Waals surface area contributed by atoms with Crippen LogP contribution < -0.4 is 20.5 Å². The fraction of sp³-hybridized carbons (Fsp3) is 0.647. The Morgan fingerprint density at radius 3 is 2.77 bits per heavy atom. The molecule has 0 bridgehead atoms. The van der Waals surface area contributed by atoms with Gasteiger partial charge in [-0.1, -0.05) is 12.5 Å². The predicted octanol–water partition coefficient (Wildman–Crippen LogP) is 1.69. The molecule has 4 N–H and O–H groups in total. The van der Waals surface area contributed by atoms with Crippen LogP contribution >= 0.6 is 0 Å². The van der Waals surface area contributed by atoms with Crippen LogP contribution in [-0.2, 0) is 0 Å². The van der Waals surface area contributed by atoms with Gasteiger partial charge in [-0.05, 0) is 37.8 Å². The van der Waals surface area contributed by atoms with Gasteiger partial charge < -0.3 is 25.6 Å². The van der Waals surface area contributed by atoms with Crippen LogP contribution in [0.5, 0.6) is 11.5 Å². The summed E-state index contributed by atoms with van der Waals surface area (Å²) in [6, 6.07) is 7.66. The fourth-order valence-corrected chi connectivity index (χ4v) is 2.63. The van der Waals surface area contributed by atoms with Crippen molar-refractivity contribution in [3.63, 3.8) is 0 Å². The minimum absolute atomic E-state index is 0.254. The van der Waals surface area contributed by atoms with Gasteiger partial charge >= 0.3 is 0 Å². The number of benzene rings is 1. The van der Waals surface area contributed by atoms with E-state index in [1.165, 1.54) is 19.3 Å². The van der Waals surface area contributed by atoms with Crippen LogP contribution in [0.25, 0.3) is 0 Å². The van der Waals surface area contributed by atoms with Crippen molar-refractivity contribution in [2.24, 2.45) is 5.73 Å². The van der Waals surface area contributed by atoms with Crippen molar-refractivity contribution in [2.45, 2.75) is 44.3 Å². The van der Waals surface area contributed by atoms with Gasteiger partial charge in [0.25, 0.3) is 0 Å². The minimum Gasteiger partial charge on any atom is -0.491 e. The molecule has 0 heterocycles. The summed E-state index contributed by atoms with van der Waals surface area (Å²) >= 11 is 0. The maximum atomic E-state index is 9.81. The highest BCUT2D eigenvalue weighted by atomic mass is 16.5. The van der Waals surface area contributed by atoms with Crippen molar-refractivity contribution in [1.29, 1.82) is 0 Å². The van der Waals surface area contributed by atoms with E-state index in [1.807, 2.05) is 24.3 Å². The molecule has 1 aliphatic carbocycles. The number of rotatable bonds is 9. The van der Waals surface area contributed by atoms with Crippen LogP contribution in [-0.4, -0.2) is 43.6 Å². The summed E-state index contributed by atoms with van der Waals surface area (Å²) in [6.07, 6.45) is 5.88. The van der Waals surface area contributed by atoms with Crippen LogP contribution in [0, 0.1) is 0 Å². The Labute approximate surface area is 132 Å². The molecule has 0 saturated heterocycles. The first-order valence-corrected chi connectivity index (χ1v) is 8.26. The average molecular weight is 308 g/mol. The first-order chi connectivity index (χ1) is 10.8. The van der Waals surface area contributed by atoms with E-state index in [9.17, 15) is 5.11 Å². The highest BCUT2D eigenvalue weighted by Crippen LogP contribution is 2.25. The number of ether oxygens (including phenoxy) is 2. The summed E-state index contributed by atoms with van der Waals surface area (Å²) in [5, 5.41) is 12.9. The maximum Gasteiger partial charge on any atom is 0.123 e. The van der Waals surface area contributed by atoms with E-state index in [0.29, 0.717) is 25.7 Å². The zero-order chi connectivity index (χ0) is 15.6. The van der Waals surface area contributed by atoms with Crippen molar-refractivity contribution < 1.29 is 14.6 Å². The molecule has 0 spiro atoms. The second kappa shape index (κ2) is 9.66. The van der Waals surface area contributed by atoms with Crippen molar-refractivity contribution >= 4 is 0 Å². The smallest absolute Gasteiger partial charge is 0.123 e. The van der Waals surface area contributed by atoms with Gasteiger partial charge in [0.2, 0.25) is 0 Å². The first kappa shape index (κ1) is 17.1. The molecule has 0 amide bonds. The predicted molar refractivity (Wildman–Crippen MR) is 87.4 cm³/mol. The molecule has 5 heteroatoms. The Balaban J connectivity index is 1.75. The van der Waals surface area contributed by atoms with Crippen molar-refractivity contribution in [1.82, 2.24) is 5.32 Å². The van der Waals surface area contributed by atoms with Crippen molar-refractivity contribution in [3.05, 3.63) is 24.3 Å². The summed E-state index contributed by atoms with van der Waals surface area (Å²) in [7, 11) is 0. The summed E-state index contributed by atoms with van der Waals surface area (Å²) in [6.45, 7) is 2.00. The molecule has 5 nitrogen and oxygen atoms in total. The molecule has 0 aromatic heterocycles. The third-order valence-corrected chi connectivity index (χ3v) is 3.80. The van der Waals surface area contributed by atoms with E-state index in [-0.39, 0.29) is 6.61 Å². The van der Waals surface area contributed by atoms with Gasteiger partial charge in [0.15, 0.2) is 0 Å². The van der Waals surface area contributed by atoms with Crippen LogP contribution in [0.4, 0.5) is 0 Å². The average Bonchev–Trinajstić information content (AvgIpc) is 2.55. The molecule has 1 saturated carbocycles. The van der Waals surface area contributed by atoms with Gasteiger partial charge in [-0.25, -0.2) is 0 Å². The number of aliphatic hydroxyl groups is 1. The maximum absolute atomic E-state index is 9.81. The fourth-order valence-electron chi connectivity index (χ4n) is 2.63. The van der Waals surface area contributed by atoms with E-state index in [1.54, 1.807) is 0 Å². The largest absolute Gasteiger partial charge is 0.491 e. The number of hydrogen-bond acceptors (Lipinski definition) is 5. The lowest BCUT2D eigenvalue weighted by atomic mass is 9.98. The zero-order valence-corrected chi connectivity index (χ0v) is 13.2. The zero-order valence-electron chi connectivity index (χ0n) is 13.2. The van der Waals surface area contributed by atoms with E-state index < -0.39 is 6.10 Å². The molecular weight excluding hydrogens is 280 g/mol. The monoisotopic (exact) mass is 308 g/mol. The standard InChI is InChI=1S/C17H28N2O3/c18-9-10-19-12-14(20)13-21-16-7-4-8-17(11-16)22-15-5-2-1-3-6-15/h4,7-8,11,14-15,19-20H,1-3,5-6,9-10,12-13,18H2. The highest BCUT2D eigenvalue weighted by molar-refractivity contribution is 5.33. The van der Waals surface area contributed by atoms with E-state index >= 15 is 0 Å². The van der Waals surface area contributed by atoms with Crippen LogP contribution in [0.3, 0.4) is 0 Å². The quantitative estimate of drug-likeness (QED) is 0.605. The van der Waals surface area contributed by atoms with Gasteiger partial charge in [0.05, 0.1) is 6.10 Å². The molecule has 1 aromatic rings. The Morgan fingerprint density at radius 2 is 2.00 bits per heavy atom. The molecule has 0 aliphatic heterocycles. The molecule has 1 unspecified atom stereocenters. The van der Waals surface area contributed by atoms with Crippen LogP contribution in [0.1, 0.15) is 32.1 Å². The normalized spacial score (nSPS) is 17.2. The Hall–Kier alpha value is -1.30. The number of nitrogens with one attached hydrogen (secondary N) is 1.